The number of rotatable bonds is 5. The van der Waals surface area contributed by atoms with Crippen LogP contribution in [-0.2, 0) is 0 Å². The van der Waals surface area contributed by atoms with Gasteiger partial charge in [0, 0.05) is 36.5 Å². The van der Waals surface area contributed by atoms with Crippen molar-refractivity contribution < 1.29 is 0 Å². The Hall–Kier alpha value is 0.270. The fraction of sp³-hybridized carbons (Fsp3) is 1.00. The molecule has 16 heavy (non-hydrogen) atoms. The molecule has 2 atom stereocenters. The molecule has 0 spiro atoms. The number of hydrogen-bond acceptors (Lipinski definition) is 3. The van der Waals surface area contributed by atoms with Crippen LogP contribution in [0, 0.1) is 0 Å². The van der Waals surface area contributed by atoms with Gasteiger partial charge in [-0.2, -0.15) is 11.8 Å². The number of nitrogens with zero attached hydrogens (tertiary/aromatic N) is 1. The first-order chi connectivity index (χ1) is 7.49. The summed E-state index contributed by atoms with van der Waals surface area (Å²) in [7, 11) is 0. The van der Waals surface area contributed by atoms with Gasteiger partial charge >= 0.3 is 0 Å². The highest BCUT2D eigenvalue weighted by Crippen LogP contribution is 2.28. The van der Waals surface area contributed by atoms with E-state index in [4.69, 9.17) is 0 Å². The fourth-order valence-electron chi connectivity index (χ4n) is 2.32. The van der Waals surface area contributed by atoms with E-state index in [-0.39, 0.29) is 0 Å². The first-order valence-corrected chi connectivity index (χ1v) is 7.88. The molecule has 1 heterocycles. The zero-order valence-electron chi connectivity index (χ0n) is 11.6. The van der Waals surface area contributed by atoms with Crippen LogP contribution >= 0.6 is 11.8 Å². The van der Waals surface area contributed by atoms with E-state index in [1.54, 1.807) is 0 Å². The Balaban J connectivity index is 2.69. The molecule has 0 amide bonds. The molecule has 1 fully saturated rings. The lowest BCUT2D eigenvalue weighted by Crippen LogP contribution is -2.68. The maximum Gasteiger partial charge on any atom is 0.0304 e. The predicted molar refractivity (Wildman–Crippen MR) is 75.3 cm³/mol. The molecule has 0 saturated carbocycles. The Bertz CT molecular complexity index is 222. The van der Waals surface area contributed by atoms with Crippen LogP contribution < -0.4 is 5.32 Å². The molecule has 2 unspecified atom stereocenters. The van der Waals surface area contributed by atoms with E-state index in [1.807, 2.05) is 11.8 Å². The van der Waals surface area contributed by atoms with E-state index < -0.39 is 0 Å². The first-order valence-electron chi connectivity index (χ1n) is 6.48. The third-order valence-corrected chi connectivity index (χ3v) is 4.90. The summed E-state index contributed by atoms with van der Waals surface area (Å²) in [6.45, 7) is 12.9. The molecule has 1 N–H and O–H groups in total. The molecule has 1 rings (SSSR count). The normalized spacial score (nSPS) is 36.6. The summed E-state index contributed by atoms with van der Waals surface area (Å²) in [5.41, 5.74) is 0.664. The molecule has 1 aliphatic rings. The van der Waals surface area contributed by atoms with Gasteiger partial charge in [-0.15, -0.1) is 0 Å². The zero-order chi connectivity index (χ0) is 12.2. The zero-order valence-corrected chi connectivity index (χ0v) is 12.4. The second kappa shape index (κ2) is 5.74. The average Bonchev–Trinajstić information content (AvgIpc) is 2.31. The van der Waals surface area contributed by atoms with Crippen LogP contribution in [0.5, 0.6) is 0 Å². The van der Waals surface area contributed by atoms with E-state index in [9.17, 15) is 0 Å². The van der Waals surface area contributed by atoms with Gasteiger partial charge < -0.3 is 5.32 Å². The lowest BCUT2D eigenvalue weighted by Gasteiger charge is -2.52. The van der Waals surface area contributed by atoms with Crippen LogP contribution in [-0.4, -0.2) is 47.6 Å². The van der Waals surface area contributed by atoms with Crippen molar-refractivity contribution in [3.63, 3.8) is 0 Å². The van der Waals surface area contributed by atoms with Crippen molar-refractivity contribution in [3.8, 4) is 0 Å². The summed E-state index contributed by atoms with van der Waals surface area (Å²) in [5.74, 6) is 1.25. The van der Waals surface area contributed by atoms with E-state index in [0.29, 0.717) is 11.1 Å². The summed E-state index contributed by atoms with van der Waals surface area (Å²) in [5, 5.41) is 3.74. The highest BCUT2D eigenvalue weighted by atomic mass is 32.2. The maximum absolute atomic E-state index is 3.74. The second-order valence-electron chi connectivity index (χ2n) is 5.53. The van der Waals surface area contributed by atoms with Crippen LogP contribution in [0.4, 0.5) is 0 Å². The highest BCUT2D eigenvalue weighted by Gasteiger charge is 2.40. The minimum atomic E-state index is 0.313. The summed E-state index contributed by atoms with van der Waals surface area (Å²) in [4.78, 5) is 2.70. The van der Waals surface area contributed by atoms with Gasteiger partial charge in [0.1, 0.15) is 0 Å². The molecule has 0 aromatic rings. The molecule has 0 aromatic heterocycles. The molecule has 0 radical (unpaired) electrons. The molecule has 2 nitrogen and oxygen atoms in total. The van der Waals surface area contributed by atoms with Crippen molar-refractivity contribution in [1.82, 2.24) is 10.2 Å². The van der Waals surface area contributed by atoms with Crippen LogP contribution in [0.1, 0.15) is 40.5 Å². The summed E-state index contributed by atoms with van der Waals surface area (Å²) in [6, 6.07) is 0. The van der Waals surface area contributed by atoms with Crippen LogP contribution in [0.25, 0.3) is 0 Å². The predicted octanol–water partition coefficient (Wildman–Crippen LogP) is 2.59. The molecule has 3 heteroatoms. The Labute approximate surface area is 106 Å². The summed E-state index contributed by atoms with van der Waals surface area (Å²) in [6.07, 6.45) is 4.64. The van der Waals surface area contributed by atoms with Gasteiger partial charge in [-0.05, 0) is 32.9 Å². The Morgan fingerprint density at radius 2 is 1.94 bits per heavy atom. The Morgan fingerprint density at radius 3 is 2.44 bits per heavy atom. The van der Waals surface area contributed by atoms with Crippen molar-refractivity contribution in [3.05, 3.63) is 0 Å². The average molecular weight is 244 g/mol. The molecular formula is C13H28N2S. The van der Waals surface area contributed by atoms with E-state index in [0.717, 1.165) is 6.54 Å². The standard InChI is InChI=1S/C13H28N2S/c1-6-12(3)11-15(8-9-16-5)13(4,7-2)10-14-12/h14H,6-11H2,1-5H3. The Morgan fingerprint density at radius 1 is 1.25 bits per heavy atom. The third-order valence-electron chi connectivity index (χ3n) is 4.31. The molecule has 0 aromatic carbocycles. The van der Waals surface area contributed by atoms with Gasteiger partial charge in [-0.1, -0.05) is 13.8 Å². The number of nitrogens with one attached hydrogen (secondary N) is 1. The van der Waals surface area contributed by atoms with Crippen molar-refractivity contribution in [1.29, 1.82) is 0 Å². The number of piperazine rings is 1. The molecular weight excluding hydrogens is 216 g/mol. The second-order valence-corrected chi connectivity index (χ2v) is 6.52. The quantitative estimate of drug-likeness (QED) is 0.800. The Kier molecular flexibility index (Phi) is 5.14. The van der Waals surface area contributed by atoms with E-state index >= 15 is 0 Å². The van der Waals surface area contributed by atoms with Gasteiger partial charge in [-0.25, -0.2) is 0 Å². The monoisotopic (exact) mass is 244 g/mol. The molecule has 0 bridgehead atoms. The van der Waals surface area contributed by atoms with Crippen molar-refractivity contribution >= 4 is 11.8 Å². The van der Waals surface area contributed by atoms with Crippen molar-refractivity contribution in [2.24, 2.45) is 0 Å². The lowest BCUT2D eigenvalue weighted by atomic mass is 9.86. The van der Waals surface area contributed by atoms with E-state index in [1.165, 1.54) is 31.7 Å². The third kappa shape index (κ3) is 3.14. The van der Waals surface area contributed by atoms with Crippen molar-refractivity contribution in [2.45, 2.75) is 51.6 Å². The smallest absolute Gasteiger partial charge is 0.0304 e. The molecule has 1 saturated heterocycles. The molecule has 96 valence electrons. The number of thioether (sulfide) groups is 1. The minimum absolute atomic E-state index is 0.313. The van der Waals surface area contributed by atoms with E-state index in [2.05, 4.69) is 44.2 Å². The fourth-order valence-corrected chi connectivity index (χ4v) is 2.72. The van der Waals surface area contributed by atoms with Crippen LogP contribution in [0.3, 0.4) is 0 Å². The van der Waals surface area contributed by atoms with Gasteiger partial charge in [-0.3, -0.25) is 4.90 Å². The topological polar surface area (TPSA) is 15.3 Å². The van der Waals surface area contributed by atoms with Gasteiger partial charge in [0.15, 0.2) is 0 Å². The molecule has 1 aliphatic heterocycles. The van der Waals surface area contributed by atoms with Gasteiger partial charge in [0.25, 0.3) is 0 Å². The van der Waals surface area contributed by atoms with Gasteiger partial charge in [0.2, 0.25) is 0 Å². The van der Waals surface area contributed by atoms with Crippen molar-refractivity contribution in [2.75, 3.05) is 31.6 Å². The highest BCUT2D eigenvalue weighted by molar-refractivity contribution is 7.98. The largest absolute Gasteiger partial charge is 0.308 e. The summed E-state index contributed by atoms with van der Waals surface area (Å²) < 4.78 is 0. The summed E-state index contributed by atoms with van der Waals surface area (Å²) >= 11 is 1.95. The maximum atomic E-state index is 3.74. The first kappa shape index (κ1) is 14.3. The van der Waals surface area contributed by atoms with Crippen LogP contribution in [0.15, 0.2) is 0 Å². The van der Waals surface area contributed by atoms with Gasteiger partial charge in [0.05, 0.1) is 0 Å². The minimum Gasteiger partial charge on any atom is -0.308 e. The lowest BCUT2D eigenvalue weighted by molar-refractivity contribution is 0.0224. The number of hydrogen-bond donors (Lipinski definition) is 1. The SMILES string of the molecule is CCC1(C)CN(CCSC)C(C)(CC)CN1. The molecule has 0 aliphatic carbocycles. The van der Waals surface area contributed by atoms with Crippen LogP contribution in [0.2, 0.25) is 0 Å².